The molecule has 1 amide bonds. The predicted molar refractivity (Wildman–Crippen MR) is 115 cm³/mol. The van der Waals surface area contributed by atoms with Crippen LogP contribution in [0.2, 0.25) is 5.02 Å². The quantitative estimate of drug-likeness (QED) is 0.308. The van der Waals surface area contributed by atoms with Crippen LogP contribution in [0.15, 0.2) is 54.6 Å². The average Bonchev–Trinajstić information content (AvgIpc) is 2.76. The van der Waals surface area contributed by atoms with Crippen molar-refractivity contribution in [1.82, 2.24) is 4.90 Å². The number of carbonyl (C=O) groups excluding carboxylic acids is 2. The lowest BCUT2D eigenvalue weighted by molar-refractivity contribution is -0.385. The van der Waals surface area contributed by atoms with E-state index in [0.717, 1.165) is 34.2 Å². The summed E-state index contributed by atoms with van der Waals surface area (Å²) in [5.41, 5.74) is 0.145. The largest absolute Gasteiger partial charge is 0.497 e. The normalized spacial score (nSPS) is 10.5. The number of esters is 1. The molecule has 0 fully saturated rings. The van der Waals surface area contributed by atoms with Crippen LogP contribution < -0.4 is 4.74 Å². The summed E-state index contributed by atoms with van der Waals surface area (Å²) in [6, 6.07) is 15.0. The first kappa shape index (κ1) is 22.0. The van der Waals surface area contributed by atoms with E-state index in [2.05, 4.69) is 0 Å². The van der Waals surface area contributed by atoms with Crippen molar-refractivity contribution in [1.29, 1.82) is 0 Å². The van der Waals surface area contributed by atoms with Gasteiger partial charge in [-0.15, -0.1) is 0 Å². The number of amides is 1. The Hall–Kier alpha value is -3.65. The Balaban J connectivity index is 1.63. The molecule has 9 heteroatoms. The summed E-state index contributed by atoms with van der Waals surface area (Å²) in [7, 11) is 3.18. The topological polar surface area (TPSA) is 99.0 Å². The molecule has 0 bridgehead atoms. The molecule has 0 N–H and O–H groups in total. The molecule has 0 aliphatic rings. The lowest BCUT2D eigenvalue weighted by Gasteiger charge is -2.17. The zero-order chi connectivity index (χ0) is 22.5. The average molecular weight is 443 g/mol. The Morgan fingerprint density at radius 3 is 2.48 bits per heavy atom. The van der Waals surface area contributed by atoms with E-state index in [1.807, 2.05) is 36.4 Å². The molecule has 0 aliphatic carbocycles. The van der Waals surface area contributed by atoms with Crippen LogP contribution in [-0.2, 0) is 16.1 Å². The first-order valence-electron chi connectivity index (χ1n) is 9.20. The maximum absolute atomic E-state index is 12.4. The maximum atomic E-state index is 12.4. The van der Waals surface area contributed by atoms with E-state index in [1.54, 1.807) is 14.2 Å². The van der Waals surface area contributed by atoms with Gasteiger partial charge in [0.25, 0.3) is 11.6 Å². The molecule has 0 heterocycles. The second kappa shape index (κ2) is 9.44. The molecule has 0 atom stereocenters. The van der Waals surface area contributed by atoms with E-state index in [-0.39, 0.29) is 10.6 Å². The van der Waals surface area contributed by atoms with Crippen LogP contribution in [0.25, 0.3) is 10.8 Å². The molecule has 3 rings (SSSR count). The van der Waals surface area contributed by atoms with E-state index in [1.165, 1.54) is 11.0 Å². The van der Waals surface area contributed by atoms with Crippen molar-refractivity contribution >= 4 is 39.9 Å². The summed E-state index contributed by atoms with van der Waals surface area (Å²) in [6.45, 7) is -0.251. The second-order valence-corrected chi connectivity index (χ2v) is 7.23. The molecule has 0 spiro atoms. The third-order valence-electron chi connectivity index (χ3n) is 4.66. The molecular formula is C22H19ClN2O6. The summed E-state index contributed by atoms with van der Waals surface area (Å²) >= 11 is 5.81. The van der Waals surface area contributed by atoms with Gasteiger partial charge in [-0.2, -0.15) is 0 Å². The molecule has 0 aromatic heterocycles. The summed E-state index contributed by atoms with van der Waals surface area (Å²) in [5, 5.41) is 13.2. The summed E-state index contributed by atoms with van der Waals surface area (Å²) in [5.74, 6) is -0.683. The fourth-order valence-electron chi connectivity index (χ4n) is 3.01. The van der Waals surface area contributed by atoms with Crippen molar-refractivity contribution in [3.8, 4) is 5.75 Å². The Morgan fingerprint density at radius 1 is 1.06 bits per heavy atom. The Kier molecular flexibility index (Phi) is 6.71. The fraction of sp³-hybridized carbons (Fsp3) is 0.182. The SMILES string of the molecule is COc1ccc2cc(CN(C)C(=O)COC(=O)c3cc(Cl)ccc3[N+](=O)[O-])ccc2c1. The van der Waals surface area contributed by atoms with E-state index in [9.17, 15) is 19.7 Å². The third-order valence-corrected chi connectivity index (χ3v) is 4.89. The van der Waals surface area contributed by atoms with Crippen molar-refractivity contribution in [2.75, 3.05) is 20.8 Å². The van der Waals surface area contributed by atoms with Gasteiger partial charge in [0.1, 0.15) is 11.3 Å². The van der Waals surface area contributed by atoms with Gasteiger partial charge < -0.3 is 14.4 Å². The number of nitro groups is 1. The standard InChI is InChI=1S/C22H19ClN2O6/c1-24(12-14-3-4-16-10-18(30-2)7-5-15(16)9-14)21(26)13-31-22(27)19-11-17(23)6-8-20(19)25(28)29/h3-11H,12-13H2,1-2H3. The Bertz CT molecular complexity index is 1160. The molecule has 0 radical (unpaired) electrons. The lowest BCUT2D eigenvalue weighted by Crippen LogP contribution is -2.30. The van der Waals surface area contributed by atoms with E-state index < -0.39 is 29.1 Å². The third kappa shape index (κ3) is 5.29. The molecule has 0 aliphatic heterocycles. The van der Waals surface area contributed by atoms with Crippen molar-refractivity contribution in [3.05, 3.63) is 80.9 Å². The zero-order valence-electron chi connectivity index (χ0n) is 16.8. The van der Waals surface area contributed by atoms with Gasteiger partial charge in [0.05, 0.1) is 12.0 Å². The number of benzene rings is 3. The first-order valence-corrected chi connectivity index (χ1v) is 9.58. The van der Waals surface area contributed by atoms with Crippen LogP contribution in [0.5, 0.6) is 5.75 Å². The number of ether oxygens (including phenoxy) is 2. The number of methoxy groups -OCH3 is 1. The highest BCUT2D eigenvalue weighted by molar-refractivity contribution is 6.31. The van der Waals surface area contributed by atoms with Crippen LogP contribution in [0, 0.1) is 10.1 Å². The van der Waals surface area contributed by atoms with Crippen LogP contribution in [0.3, 0.4) is 0 Å². The van der Waals surface area contributed by atoms with E-state index in [4.69, 9.17) is 21.1 Å². The van der Waals surface area contributed by atoms with Gasteiger partial charge in [-0.05, 0) is 46.7 Å². The number of halogens is 1. The number of fused-ring (bicyclic) bond motifs is 1. The number of nitro benzene ring substituents is 1. The molecule has 8 nitrogen and oxygen atoms in total. The number of hydrogen-bond donors (Lipinski definition) is 0. The Labute approximate surface area is 183 Å². The molecule has 31 heavy (non-hydrogen) atoms. The predicted octanol–water partition coefficient (Wildman–Crippen LogP) is 4.23. The smallest absolute Gasteiger partial charge is 0.345 e. The highest BCUT2D eigenvalue weighted by Gasteiger charge is 2.23. The monoisotopic (exact) mass is 442 g/mol. The van der Waals surface area contributed by atoms with Gasteiger partial charge >= 0.3 is 5.97 Å². The number of likely N-dealkylation sites (N-methyl/N-ethyl adjacent to an activating group) is 1. The van der Waals surface area contributed by atoms with Gasteiger partial charge in [-0.3, -0.25) is 14.9 Å². The highest BCUT2D eigenvalue weighted by atomic mass is 35.5. The second-order valence-electron chi connectivity index (χ2n) is 6.79. The molecule has 3 aromatic rings. The van der Waals surface area contributed by atoms with Gasteiger partial charge in [-0.25, -0.2) is 4.79 Å². The minimum atomic E-state index is -0.990. The fourth-order valence-corrected chi connectivity index (χ4v) is 3.18. The lowest BCUT2D eigenvalue weighted by atomic mass is 10.1. The van der Waals surface area contributed by atoms with Crippen molar-refractivity contribution in [2.24, 2.45) is 0 Å². The highest BCUT2D eigenvalue weighted by Crippen LogP contribution is 2.24. The van der Waals surface area contributed by atoms with E-state index in [0.29, 0.717) is 6.54 Å². The zero-order valence-corrected chi connectivity index (χ0v) is 17.6. The molecule has 0 unspecified atom stereocenters. The number of rotatable bonds is 7. The van der Waals surface area contributed by atoms with Crippen LogP contribution >= 0.6 is 11.6 Å². The van der Waals surface area contributed by atoms with E-state index >= 15 is 0 Å². The Morgan fingerprint density at radius 2 is 1.77 bits per heavy atom. The molecule has 0 saturated heterocycles. The minimum Gasteiger partial charge on any atom is -0.497 e. The van der Waals surface area contributed by atoms with Crippen LogP contribution in [0.4, 0.5) is 5.69 Å². The number of carbonyl (C=O) groups is 2. The summed E-state index contributed by atoms with van der Waals surface area (Å²) in [4.78, 5) is 36.4. The van der Waals surface area contributed by atoms with Crippen molar-refractivity contribution in [3.63, 3.8) is 0 Å². The van der Waals surface area contributed by atoms with Crippen molar-refractivity contribution in [2.45, 2.75) is 6.54 Å². The molecular weight excluding hydrogens is 424 g/mol. The number of hydrogen-bond acceptors (Lipinski definition) is 6. The first-order chi connectivity index (χ1) is 14.8. The van der Waals surface area contributed by atoms with Gasteiger partial charge in [-0.1, -0.05) is 29.8 Å². The molecule has 0 saturated carbocycles. The molecule has 3 aromatic carbocycles. The number of nitrogens with zero attached hydrogens (tertiary/aromatic N) is 2. The van der Waals surface area contributed by atoms with Crippen molar-refractivity contribution < 1.29 is 24.0 Å². The summed E-state index contributed by atoms with van der Waals surface area (Å²) in [6.07, 6.45) is 0. The van der Waals surface area contributed by atoms with Gasteiger partial charge in [0.15, 0.2) is 6.61 Å². The van der Waals surface area contributed by atoms with Gasteiger partial charge in [0.2, 0.25) is 0 Å². The summed E-state index contributed by atoms with van der Waals surface area (Å²) < 4.78 is 10.2. The van der Waals surface area contributed by atoms with Gasteiger partial charge in [0, 0.05) is 24.7 Å². The van der Waals surface area contributed by atoms with Crippen LogP contribution in [-0.4, -0.2) is 42.5 Å². The minimum absolute atomic E-state index is 0.148. The maximum Gasteiger partial charge on any atom is 0.345 e. The molecule has 160 valence electrons. The van der Waals surface area contributed by atoms with Crippen LogP contribution in [0.1, 0.15) is 15.9 Å².